The summed E-state index contributed by atoms with van der Waals surface area (Å²) >= 11 is 6.97. The van der Waals surface area contributed by atoms with Crippen LogP contribution < -0.4 is 10.2 Å². The zero-order valence-corrected chi connectivity index (χ0v) is 13.1. The SMILES string of the molecule is COc1ccc(CC(=S)N/N=C/c2ccc(C)s2)cc1. The Morgan fingerprint density at radius 1 is 1.30 bits per heavy atom. The molecule has 20 heavy (non-hydrogen) atoms. The van der Waals surface area contributed by atoms with Gasteiger partial charge in [0.25, 0.3) is 0 Å². The number of hydrogen-bond acceptors (Lipinski definition) is 4. The highest BCUT2D eigenvalue weighted by Gasteiger charge is 1.99. The first-order valence-electron chi connectivity index (χ1n) is 6.18. The van der Waals surface area contributed by atoms with Crippen LogP contribution in [0.15, 0.2) is 41.5 Å². The minimum atomic E-state index is 0.667. The minimum Gasteiger partial charge on any atom is -0.497 e. The number of hydrazone groups is 1. The van der Waals surface area contributed by atoms with Crippen LogP contribution in [0.1, 0.15) is 15.3 Å². The van der Waals surface area contributed by atoms with Gasteiger partial charge in [-0.2, -0.15) is 5.10 Å². The Labute approximate surface area is 128 Å². The molecule has 1 aromatic heterocycles. The van der Waals surface area contributed by atoms with Crippen LogP contribution in [0.4, 0.5) is 0 Å². The molecule has 0 atom stereocenters. The van der Waals surface area contributed by atoms with E-state index in [0.29, 0.717) is 11.4 Å². The van der Waals surface area contributed by atoms with E-state index in [1.165, 1.54) is 4.88 Å². The van der Waals surface area contributed by atoms with Crippen molar-refractivity contribution in [1.29, 1.82) is 0 Å². The van der Waals surface area contributed by atoms with E-state index < -0.39 is 0 Å². The lowest BCUT2D eigenvalue weighted by molar-refractivity contribution is 0.414. The third kappa shape index (κ3) is 4.43. The molecule has 5 heteroatoms. The van der Waals surface area contributed by atoms with E-state index >= 15 is 0 Å². The van der Waals surface area contributed by atoms with E-state index in [1.54, 1.807) is 24.7 Å². The van der Waals surface area contributed by atoms with Gasteiger partial charge in [0, 0.05) is 16.2 Å². The zero-order chi connectivity index (χ0) is 14.4. The van der Waals surface area contributed by atoms with Crippen LogP contribution >= 0.6 is 23.6 Å². The molecule has 0 aliphatic carbocycles. The monoisotopic (exact) mass is 304 g/mol. The van der Waals surface area contributed by atoms with Crippen LogP contribution in [-0.2, 0) is 6.42 Å². The quantitative estimate of drug-likeness (QED) is 0.521. The van der Waals surface area contributed by atoms with Crippen LogP contribution in [-0.4, -0.2) is 18.3 Å². The molecule has 0 radical (unpaired) electrons. The molecule has 0 aliphatic rings. The molecule has 0 bridgehead atoms. The van der Waals surface area contributed by atoms with Gasteiger partial charge in [-0.1, -0.05) is 24.4 Å². The predicted molar refractivity (Wildman–Crippen MR) is 89.1 cm³/mol. The maximum absolute atomic E-state index is 5.27. The first-order chi connectivity index (χ1) is 9.67. The molecule has 2 rings (SSSR count). The van der Waals surface area contributed by atoms with Crippen LogP contribution in [0.2, 0.25) is 0 Å². The van der Waals surface area contributed by atoms with E-state index in [0.717, 1.165) is 16.2 Å². The number of methoxy groups -OCH3 is 1. The Hall–Kier alpha value is -1.72. The molecule has 3 nitrogen and oxygen atoms in total. The number of nitrogens with zero attached hydrogens (tertiary/aromatic N) is 1. The Bertz CT molecular complexity index is 603. The third-order valence-corrected chi connectivity index (χ3v) is 3.84. The summed E-state index contributed by atoms with van der Waals surface area (Å²) in [5, 5.41) is 4.15. The highest BCUT2D eigenvalue weighted by atomic mass is 32.1. The summed E-state index contributed by atoms with van der Waals surface area (Å²) in [6.07, 6.45) is 2.46. The number of aryl methyl sites for hydroxylation is 1. The lowest BCUT2D eigenvalue weighted by Gasteiger charge is -2.04. The molecular weight excluding hydrogens is 288 g/mol. The van der Waals surface area contributed by atoms with Gasteiger partial charge in [-0.15, -0.1) is 11.3 Å². The van der Waals surface area contributed by atoms with Gasteiger partial charge in [0.1, 0.15) is 10.7 Å². The number of ether oxygens (including phenoxy) is 1. The lowest BCUT2D eigenvalue weighted by atomic mass is 10.1. The average molecular weight is 304 g/mol. The summed E-state index contributed by atoms with van der Waals surface area (Å²) < 4.78 is 5.12. The Balaban J connectivity index is 1.84. The number of thiophene rings is 1. The summed E-state index contributed by atoms with van der Waals surface area (Å²) in [4.78, 5) is 3.08. The molecular formula is C15H16N2OS2. The summed E-state index contributed by atoms with van der Waals surface area (Å²) in [5.41, 5.74) is 4.02. The molecule has 1 heterocycles. The molecule has 0 saturated heterocycles. The molecule has 104 valence electrons. The van der Waals surface area contributed by atoms with Crippen LogP contribution in [0.25, 0.3) is 0 Å². The van der Waals surface area contributed by atoms with Crippen molar-refractivity contribution < 1.29 is 4.74 Å². The topological polar surface area (TPSA) is 33.6 Å². The second-order valence-corrected chi connectivity index (χ2v) is 6.08. The molecule has 0 fully saturated rings. The normalized spacial score (nSPS) is 10.7. The first-order valence-corrected chi connectivity index (χ1v) is 7.41. The van der Waals surface area contributed by atoms with Crippen LogP contribution in [0.3, 0.4) is 0 Å². The van der Waals surface area contributed by atoms with Crippen molar-refractivity contribution in [1.82, 2.24) is 5.43 Å². The van der Waals surface area contributed by atoms with Gasteiger partial charge in [-0.3, -0.25) is 5.43 Å². The molecule has 1 N–H and O–H groups in total. The smallest absolute Gasteiger partial charge is 0.118 e. The second kappa shape index (κ2) is 7.17. The van der Waals surface area contributed by atoms with E-state index in [9.17, 15) is 0 Å². The zero-order valence-electron chi connectivity index (χ0n) is 11.4. The first kappa shape index (κ1) is 14.7. The second-order valence-electron chi connectivity index (χ2n) is 4.27. The Morgan fingerprint density at radius 3 is 2.65 bits per heavy atom. The fraction of sp³-hybridized carbons (Fsp3) is 0.200. The van der Waals surface area contributed by atoms with Gasteiger partial charge in [-0.05, 0) is 36.8 Å². The van der Waals surface area contributed by atoms with Crippen molar-refractivity contribution in [2.45, 2.75) is 13.3 Å². The van der Waals surface area contributed by atoms with E-state index in [4.69, 9.17) is 17.0 Å². The molecule has 0 unspecified atom stereocenters. The van der Waals surface area contributed by atoms with Crippen molar-refractivity contribution in [2.75, 3.05) is 7.11 Å². The summed E-state index contributed by atoms with van der Waals surface area (Å²) in [6.45, 7) is 2.07. The summed E-state index contributed by atoms with van der Waals surface area (Å²) in [6, 6.07) is 12.0. The van der Waals surface area contributed by atoms with Crippen molar-refractivity contribution in [3.63, 3.8) is 0 Å². The van der Waals surface area contributed by atoms with Gasteiger partial charge in [0.05, 0.1) is 13.3 Å². The Kier molecular flexibility index (Phi) is 5.26. The van der Waals surface area contributed by atoms with Crippen LogP contribution in [0, 0.1) is 6.92 Å². The van der Waals surface area contributed by atoms with Crippen molar-refractivity contribution in [3.05, 3.63) is 51.7 Å². The van der Waals surface area contributed by atoms with E-state index in [1.807, 2.05) is 30.3 Å². The number of rotatable bonds is 5. The number of hydrogen-bond donors (Lipinski definition) is 1. The standard InChI is InChI=1S/C15H16N2OS2/c1-11-3-8-14(20-11)10-16-17-15(19)9-12-4-6-13(18-2)7-5-12/h3-8,10H,9H2,1-2H3,(H,17,19)/b16-10+. The maximum Gasteiger partial charge on any atom is 0.118 e. The van der Waals surface area contributed by atoms with Gasteiger partial charge >= 0.3 is 0 Å². The number of benzene rings is 1. The highest BCUT2D eigenvalue weighted by molar-refractivity contribution is 7.80. The van der Waals surface area contributed by atoms with Crippen LogP contribution in [0.5, 0.6) is 5.75 Å². The third-order valence-electron chi connectivity index (χ3n) is 2.67. The summed E-state index contributed by atoms with van der Waals surface area (Å²) in [7, 11) is 1.65. The molecule has 0 saturated carbocycles. The average Bonchev–Trinajstić information content (AvgIpc) is 2.85. The Morgan fingerprint density at radius 2 is 2.05 bits per heavy atom. The molecule has 2 aromatic rings. The van der Waals surface area contributed by atoms with Crippen molar-refractivity contribution in [3.8, 4) is 5.75 Å². The molecule has 0 spiro atoms. The number of thiocarbonyl (C=S) groups is 1. The molecule has 0 aliphatic heterocycles. The molecule has 1 aromatic carbocycles. The predicted octanol–water partition coefficient (Wildman–Crippen LogP) is 3.56. The minimum absolute atomic E-state index is 0.667. The van der Waals surface area contributed by atoms with Crippen molar-refractivity contribution in [2.24, 2.45) is 5.10 Å². The summed E-state index contributed by atoms with van der Waals surface area (Å²) in [5.74, 6) is 0.846. The number of nitrogens with one attached hydrogen (secondary N) is 1. The fourth-order valence-corrected chi connectivity index (χ4v) is 2.63. The maximum atomic E-state index is 5.27. The van der Waals surface area contributed by atoms with Gasteiger partial charge in [0.15, 0.2) is 0 Å². The largest absolute Gasteiger partial charge is 0.497 e. The fourth-order valence-electron chi connectivity index (χ4n) is 1.66. The van der Waals surface area contributed by atoms with Crippen molar-refractivity contribution >= 4 is 34.8 Å². The van der Waals surface area contributed by atoms with Gasteiger partial charge in [0.2, 0.25) is 0 Å². The van der Waals surface area contributed by atoms with E-state index in [2.05, 4.69) is 23.5 Å². The van der Waals surface area contributed by atoms with Gasteiger partial charge < -0.3 is 4.74 Å². The highest BCUT2D eigenvalue weighted by Crippen LogP contribution is 2.13. The van der Waals surface area contributed by atoms with Gasteiger partial charge in [-0.25, -0.2) is 0 Å². The van der Waals surface area contributed by atoms with E-state index in [-0.39, 0.29) is 0 Å². The molecule has 0 amide bonds. The lowest BCUT2D eigenvalue weighted by Crippen LogP contribution is -2.17.